The summed E-state index contributed by atoms with van der Waals surface area (Å²) in [6, 6.07) is -0.132. The van der Waals surface area contributed by atoms with Gasteiger partial charge in [0.25, 0.3) is 0 Å². The molecule has 20 heavy (non-hydrogen) atoms. The number of aromatic nitrogens is 2. The summed E-state index contributed by atoms with van der Waals surface area (Å²) in [6.07, 6.45) is 1.46. The van der Waals surface area contributed by atoms with Crippen LogP contribution in [-0.2, 0) is 9.84 Å². The van der Waals surface area contributed by atoms with Crippen molar-refractivity contribution >= 4 is 21.5 Å². The smallest absolute Gasteiger partial charge is 0.204 e. The fraction of sp³-hybridized carbons (Fsp3) is 0.667. The van der Waals surface area contributed by atoms with Gasteiger partial charge in [-0.15, -0.1) is 0 Å². The van der Waals surface area contributed by atoms with E-state index < -0.39 is 9.84 Å². The van der Waals surface area contributed by atoms with E-state index in [1.807, 2.05) is 18.7 Å². The minimum atomic E-state index is -2.95. The first kappa shape index (κ1) is 14.8. The number of nitrogens with zero attached hydrogens (tertiary/aromatic N) is 3. The van der Waals surface area contributed by atoms with Gasteiger partial charge in [0.05, 0.1) is 18.6 Å². The van der Waals surface area contributed by atoms with Crippen LogP contribution in [0.1, 0.15) is 13.8 Å². The Bertz CT molecular complexity index is 576. The molecule has 1 aromatic heterocycles. The van der Waals surface area contributed by atoms with Gasteiger partial charge in [-0.3, -0.25) is 0 Å². The van der Waals surface area contributed by atoms with Gasteiger partial charge in [-0.2, -0.15) is 0 Å². The first-order valence-corrected chi connectivity index (χ1v) is 8.40. The first-order chi connectivity index (χ1) is 9.48. The summed E-state index contributed by atoms with van der Waals surface area (Å²) in [4.78, 5) is 10.4. The number of hydrogen-bond donors (Lipinski definition) is 1. The van der Waals surface area contributed by atoms with Crippen molar-refractivity contribution in [3.63, 3.8) is 0 Å². The van der Waals surface area contributed by atoms with Gasteiger partial charge in [0.1, 0.15) is 6.33 Å². The van der Waals surface area contributed by atoms with Crippen molar-refractivity contribution in [1.29, 1.82) is 0 Å². The molecular formula is C12H20N4O3S. The van der Waals surface area contributed by atoms with Crippen LogP contribution in [0.25, 0.3) is 0 Å². The third-order valence-electron chi connectivity index (χ3n) is 3.28. The second-order valence-corrected chi connectivity index (χ2v) is 6.99. The monoisotopic (exact) mass is 300 g/mol. The molecule has 0 aromatic carbocycles. The largest absolute Gasteiger partial charge is 0.490 e. The molecule has 2 heterocycles. The lowest BCUT2D eigenvalue weighted by Crippen LogP contribution is -2.47. The molecule has 0 spiro atoms. The highest BCUT2D eigenvalue weighted by atomic mass is 32.2. The van der Waals surface area contributed by atoms with Gasteiger partial charge in [0, 0.05) is 19.1 Å². The van der Waals surface area contributed by atoms with Gasteiger partial charge in [-0.1, -0.05) is 0 Å². The first-order valence-electron chi connectivity index (χ1n) is 6.58. The minimum absolute atomic E-state index is 0.132. The van der Waals surface area contributed by atoms with Crippen LogP contribution < -0.4 is 15.0 Å². The number of ether oxygens (including phenoxy) is 1. The molecule has 0 saturated carbocycles. The highest BCUT2D eigenvalue weighted by Gasteiger charge is 2.31. The standard InChI is InChI=1S/C12H20N4O3S/c1-4-13-11-10(19-3)12(15-8-14-11)16-5-6-20(17,18)7-9(16)2/h8-9H,4-7H2,1-3H3,(H,13,14,15). The Kier molecular flexibility index (Phi) is 4.32. The van der Waals surface area contributed by atoms with E-state index in [-0.39, 0.29) is 17.5 Å². The molecule has 1 fully saturated rings. The van der Waals surface area contributed by atoms with Gasteiger partial charge in [0.15, 0.2) is 21.5 Å². The summed E-state index contributed by atoms with van der Waals surface area (Å²) in [7, 11) is -1.39. The SMILES string of the molecule is CCNc1ncnc(N2CCS(=O)(=O)CC2C)c1OC. The van der Waals surface area contributed by atoms with E-state index in [1.54, 1.807) is 7.11 Å². The van der Waals surface area contributed by atoms with Crippen LogP contribution in [0.3, 0.4) is 0 Å². The van der Waals surface area contributed by atoms with Crippen molar-refractivity contribution in [2.45, 2.75) is 19.9 Å². The highest BCUT2D eigenvalue weighted by molar-refractivity contribution is 7.91. The molecule has 0 radical (unpaired) electrons. The maximum Gasteiger partial charge on any atom is 0.204 e. The lowest BCUT2D eigenvalue weighted by Gasteiger charge is -2.34. The molecule has 1 aliphatic heterocycles. The summed E-state index contributed by atoms with van der Waals surface area (Å²) >= 11 is 0. The van der Waals surface area contributed by atoms with Crippen molar-refractivity contribution in [3.8, 4) is 5.75 Å². The molecule has 8 heteroatoms. The van der Waals surface area contributed by atoms with E-state index in [2.05, 4.69) is 15.3 Å². The van der Waals surface area contributed by atoms with E-state index in [0.29, 0.717) is 23.9 Å². The van der Waals surface area contributed by atoms with Gasteiger partial charge >= 0.3 is 0 Å². The van der Waals surface area contributed by atoms with Crippen molar-refractivity contribution in [1.82, 2.24) is 9.97 Å². The molecule has 2 rings (SSSR count). The number of rotatable bonds is 4. The van der Waals surface area contributed by atoms with Crippen molar-refractivity contribution in [2.75, 3.05) is 41.9 Å². The molecule has 1 saturated heterocycles. The molecule has 1 N–H and O–H groups in total. The molecule has 112 valence electrons. The number of nitrogens with one attached hydrogen (secondary N) is 1. The fourth-order valence-electron chi connectivity index (χ4n) is 2.36. The second-order valence-electron chi connectivity index (χ2n) is 4.77. The number of anilines is 2. The summed E-state index contributed by atoms with van der Waals surface area (Å²) in [6.45, 7) is 4.99. The number of hydrogen-bond acceptors (Lipinski definition) is 7. The average molecular weight is 300 g/mol. The van der Waals surface area contributed by atoms with E-state index in [0.717, 1.165) is 6.54 Å². The summed E-state index contributed by atoms with van der Waals surface area (Å²) < 4.78 is 28.7. The van der Waals surface area contributed by atoms with Gasteiger partial charge in [-0.05, 0) is 13.8 Å². The Hall–Kier alpha value is -1.57. The Balaban J connectivity index is 2.35. The predicted molar refractivity (Wildman–Crippen MR) is 78.2 cm³/mol. The summed E-state index contributed by atoms with van der Waals surface area (Å²) in [5.74, 6) is 2.10. The van der Waals surface area contributed by atoms with Crippen LogP contribution in [0.15, 0.2) is 6.33 Å². The van der Waals surface area contributed by atoms with Crippen molar-refractivity contribution in [3.05, 3.63) is 6.33 Å². The van der Waals surface area contributed by atoms with Crippen molar-refractivity contribution < 1.29 is 13.2 Å². The Labute approximate surface area is 119 Å². The fourth-order valence-corrected chi connectivity index (χ4v) is 3.92. The Morgan fingerprint density at radius 1 is 1.50 bits per heavy atom. The third kappa shape index (κ3) is 2.95. The minimum Gasteiger partial charge on any atom is -0.490 e. The molecule has 0 bridgehead atoms. The highest BCUT2D eigenvalue weighted by Crippen LogP contribution is 2.33. The molecule has 1 aromatic rings. The van der Waals surface area contributed by atoms with E-state index in [1.165, 1.54) is 6.33 Å². The normalized spacial score (nSPS) is 21.6. The third-order valence-corrected chi connectivity index (χ3v) is 5.07. The molecule has 1 aliphatic rings. The molecule has 7 nitrogen and oxygen atoms in total. The number of sulfone groups is 1. The second kappa shape index (κ2) is 5.82. The molecular weight excluding hydrogens is 280 g/mol. The van der Waals surface area contributed by atoms with Crippen molar-refractivity contribution in [2.24, 2.45) is 0 Å². The predicted octanol–water partition coefficient (Wildman–Crippen LogP) is 0.540. The van der Waals surface area contributed by atoms with Crippen LogP contribution in [0.4, 0.5) is 11.6 Å². The van der Waals surface area contributed by atoms with Crippen LogP contribution in [0.2, 0.25) is 0 Å². The molecule has 1 unspecified atom stereocenters. The average Bonchev–Trinajstić information content (AvgIpc) is 2.38. The van der Waals surface area contributed by atoms with Crippen LogP contribution >= 0.6 is 0 Å². The topological polar surface area (TPSA) is 84.4 Å². The van der Waals surface area contributed by atoms with E-state index in [4.69, 9.17) is 4.74 Å². The zero-order valence-corrected chi connectivity index (χ0v) is 12.8. The molecule has 1 atom stereocenters. The lowest BCUT2D eigenvalue weighted by molar-refractivity contribution is 0.410. The Morgan fingerprint density at radius 2 is 2.25 bits per heavy atom. The molecule has 0 amide bonds. The summed E-state index contributed by atoms with van der Waals surface area (Å²) in [5, 5.41) is 3.12. The summed E-state index contributed by atoms with van der Waals surface area (Å²) in [5.41, 5.74) is 0. The zero-order valence-electron chi connectivity index (χ0n) is 12.0. The maximum atomic E-state index is 11.7. The van der Waals surface area contributed by atoms with Gasteiger partial charge in [0.2, 0.25) is 5.75 Å². The quantitative estimate of drug-likeness (QED) is 0.868. The van der Waals surface area contributed by atoms with E-state index in [9.17, 15) is 8.42 Å². The van der Waals surface area contributed by atoms with Gasteiger partial charge < -0.3 is 15.0 Å². The zero-order chi connectivity index (χ0) is 14.8. The Morgan fingerprint density at radius 3 is 2.85 bits per heavy atom. The van der Waals surface area contributed by atoms with Crippen LogP contribution in [0, 0.1) is 0 Å². The number of methoxy groups -OCH3 is 1. The molecule has 0 aliphatic carbocycles. The lowest BCUT2D eigenvalue weighted by atomic mass is 10.3. The van der Waals surface area contributed by atoms with Crippen LogP contribution in [-0.4, -0.2) is 56.1 Å². The van der Waals surface area contributed by atoms with Gasteiger partial charge in [-0.25, -0.2) is 18.4 Å². The van der Waals surface area contributed by atoms with E-state index >= 15 is 0 Å². The maximum absolute atomic E-state index is 11.7. The van der Waals surface area contributed by atoms with Crippen LogP contribution in [0.5, 0.6) is 5.75 Å².